The van der Waals surface area contributed by atoms with Crippen molar-refractivity contribution in [1.82, 2.24) is 5.32 Å². The third-order valence-corrected chi connectivity index (χ3v) is 7.62. The molecule has 4 rings (SSSR count). The van der Waals surface area contributed by atoms with Crippen LogP contribution in [0, 0.1) is 0 Å². The van der Waals surface area contributed by atoms with Crippen LogP contribution in [0.1, 0.15) is 58.5 Å². The zero-order chi connectivity index (χ0) is 32.2. The minimum absolute atomic E-state index is 0.103. The van der Waals surface area contributed by atoms with Crippen molar-refractivity contribution < 1.29 is 23.9 Å². The molecule has 0 aliphatic rings. The van der Waals surface area contributed by atoms with Crippen molar-refractivity contribution in [3.05, 3.63) is 131 Å². The maximum atomic E-state index is 13.3. The molecule has 4 aromatic carbocycles. The Morgan fingerprint density at radius 1 is 0.756 bits per heavy atom. The highest BCUT2D eigenvalue weighted by atomic mass is 32.2. The van der Waals surface area contributed by atoms with Gasteiger partial charge >= 0.3 is 5.97 Å². The molecular formula is C36H35N3O5S. The third kappa shape index (κ3) is 9.94. The number of hydrogen-bond acceptors (Lipinski definition) is 6. The molecule has 230 valence electrons. The quantitative estimate of drug-likeness (QED) is 0.0882. The summed E-state index contributed by atoms with van der Waals surface area (Å²) in [6.07, 6.45) is 1.65. The first-order chi connectivity index (χ1) is 21.7. The van der Waals surface area contributed by atoms with E-state index in [0.29, 0.717) is 35.0 Å². The zero-order valence-electron chi connectivity index (χ0n) is 25.3. The molecule has 45 heavy (non-hydrogen) atoms. The van der Waals surface area contributed by atoms with Crippen molar-refractivity contribution in [1.29, 1.82) is 0 Å². The number of anilines is 2. The van der Waals surface area contributed by atoms with Crippen LogP contribution in [-0.2, 0) is 14.3 Å². The molecule has 0 spiro atoms. The van der Waals surface area contributed by atoms with Crippen LogP contribution in [0.15, 0.2) is 114 Å². The number of carbonyl (C=O) groups is 4. The van der Waals surface area contributed by atoms with E-state index in [1.807, 2.05) is 30.3 Å². The number of thioether (sulfide) groups is 1. The molecule has 4 aromatic rings. The summed E-state index contributed by atoms with van der Waals surface area (Å²) in [6, 6.07) is 30.1. The van der Waals surface area contributed by atoms with Crippen molar-refractivity contribution in [3.63, 3.8) is 0 Å². The molecule has 0 aliphatic carbocycles. The molecule has 8 nitrogen and oxygen atoms in total. The Hall–Kier alpha value is -5.15. The number of carbonyl (C=O) groups excluding carboxylic acids is 4. The molecule has 0 unspecified atom stereocenters. The zero-order valence-corrected chi connectivity index (χ0v) is 26.1. The van der Waals surface area contributed by atoms with Gasteiger partial charge in [0.1, 0.15) is 5.70 Å². The predicted molar refractivity (Wildman–Crippen MR) is 179 cm³/mol. The van der Waals surface area contributed by atoms with Gasteiger partial charge in [0.25, 0.3) is 11.8 Å². The Balaban J connectivity index is 1.37. The third-order valence-electron chi connectivity index (χ3n) is 6.60. The largest absolute Gasteiger partial charge is 0.462 e. The van der Waals surface area contributed by atoms with Crippen LogP contribution in [0.2, 0.25) is 0 Å². The smallest absolute Gasteiger partial charge is 0.338 e. The molecule has 0 bridgehead atoms. The molecule has 0 saturated carbocycles. The predicted octanol–water partition coefficient (Wildman–Crippen LogP) is 7.13. The number of amides is 3. The van der Waals surface area contributed by atoms with Gasteiger partial charge in [-0.1, -0.05) is 56.3 Å². The van der Waals surface area contributed by atoms with Gasteiger partial charge in [-0.05, 0) is 90.7 Å². The summed E-state index contributed by atoms with van der Waals surface area (Å²) < 4.78 is 4.97. The second-order valence-electron chi connectivity index (χ2n) is 10.3. The fourth-order valence-corrected chi connectivity index (χ4v) is 4.87. The van der Waals surface area contributed by atoms with Crippen LogP contribution in [0.25, 0.3) is 6.08 Å². The molecule has 0 heterocycles. The van der Waals surface area contributed by atoms with Gasteiger partial charge in [-0.3, -0.25) is 14.4 Å². The number of nitrogens with one attached hydrogen (secondary N) is 3. The summed E-state index contributed by atoms with van der Waals surface area (Å²) in [6.45, 7) is 6.25. The van der Waals surface area contributed by atoms with Crippen molar-refractivity contribution >= 4 is 52.9 Å². The fourth-order valence-electron chi connectivity index (χ4n) is 4.17. The van der Waals surface area contributed by atoms with Crippen LogP contribution in [0.4, 0.5) is 11.4 Å². The second-order valence-corrected chi connectivity index (χ2v) is 11.4. The van der Waals surface area contributed by atoms with E-state index in [1.54, 1.807) is 85.8 Å². The molecule has 0 atom stereocenters. The first kappa shape index (κ1) is 32.8. The minimum Gasteiger partial charge on any atom is -0.462 e. The Kier molecular flexibility index (Phi) is 11.7. The Morgan fingerprint density at radius 2 is 1.38 bits per heavy atom. The fraction of sp³-hybridized carbons (Fsp3) is 0.167. The van der Waals surface area contributed by atoms with E-state index in [1.165, 1.54) is 17.3 Å². The average Bonchev–Trinajstić information content (AvgIpc) is 3.05. The number of esters is 1. The summed E-state index contributed by atoms with van der Waals surface area (Å²) in [5, 5.41) is 8.41. The molecular weight excluding hydrogens is 586 g/mol. The maximum Gasteiger partial charge on any atom is 0.338 e. The van der Waals surface area contributed by atoms with Gasteiger partial charge < -0.3 is 20.7 Å². The maximum absolute atomic E-state index is 13.3. The Bertz CT molecular complexity index is 1650. The summed E-state index contributed by atoms with van der Waals surface area (Å²) in [5.74, 6) is -0.940. The van der Waals surface area contributed by atoms with E-state index in [0.717, 1.165) is 10.5 Å². The molecule has 0 aromatic heterocycles. The van der Waals surface area contributed by atoms with E-state index in [9.17, 15) is 19.2 Å². The molecule has 0 saturated heterocycles. The van der Waals surface area contributed by atoms with Gasteiger partial charge in [-0.15, -0.1) is 11.8 Å². The van der Waals surface area contributed by atoms with Crippen molar-refractivity contribution in [2.75, 3.05) is 23.0 Å². The van der Waals surface area contributed by atoms with Gasteiger partial charge in [0.2, 0.25) is 5.91 Å². The van der Waals surface area contributed by atoms with Crippen molar-refractivity contribution in [2.24, 2.45) is 0 Å². The summed E-state index contributed by atoms with van der Waals surface area (Å²) in [4.78, 5) is 51.4. The van der Waals surface area contributed by atoms with Crippen molar-refractivity contribution in [3.8, 4) is 0 Å². The van der Waals surface area contributed by atoms with Gasteiger partial charge in [0.15, 0.2) is 0 Å². The van der Waals surface area contributed by atoms with Gasteiger partial charge in [-0.2, -0.15) is 0 Å². The Labute approximate surface area is 267 Å². The SMILES string of the molecule is CCOC(=O)c1ccc(NC(=O)CSc2ccc(NC(=O)/C(=C/c3ccc(C(C)C)cc3)NC(=O)c3ccccc3)cc2)cc1. The van der Waals surface area contributed by atoms with E-state index >= 15 is 0 Å². The van der Waals surface area contributed by atoms with E-state index in [2.05, 4.69) is 29.8 Å². The van der Waals surface area contributed by atoms with E-state index < -0.39 is 17.8 Å². The number of ether oxygens (including phenoxy) is 1. The topological polar surface area (TPSA) is 114 Å². The highest BCUT2D eigenvalue weighted by Crippen LogP contribution is 2.22. The van der Waals surface area contributed by atoms with E-state index in [-0.39, 0.29) is 17.4 Å². The standard InChI is InChI=1S/C36H35N3O5S/c1-4-44-36(43)28-14-16-29(17-15-28)37-33(40)23-45-31-20-18-30(19-21-31)38-35(42)32(39-34(41)27-8-6-5-7-9-27)22-25-10-12-26(13-11-25)24(2)3/h5-22,24H,4,23H2,1-3H3,(H,37,40)(H,38,42)(H,39,41)/b32-22-. The summed E-state index contributed by atoms with van der Waals surface area (Å²) in [7, 11) is 0. The molecule has 3 amide bonds. The average molecular weight is 622 g/mol. The monoisotopic (exact) mass is 621 g/mol. The number of rotatable bonds is 12. The normalized spacial score (nSPS) is 11.1. The molecule has 0 radical (unpaired) electrons. The molecule has 0 aliphatic heterocycles. The van der Waals surface area contributed by atoms with Crippen LogP contribution in [0.5, 0.6) is 0 Å². The molecule has 0 fully saturated rings. The van der Waals surface area contributed by atoms with Gasteiger partial charge in [-0.25, -0.2) is 4.79 Å². The van der Waals surface area contributed by atoms with Crippen LogP contribution < -0.4 is 16.0 Å². The Morgan fingerprint density at radius 3 is 2.00 bits per heavy atom. The molecule has 9 heteroatoms. The number of benzene rings is 4. The lowest BCUT2D eigenvalue weighted by molar-refractivity contribution is -0.114. The van der Waals surface area contributed by atoms with Crippen LogP contribution >= 0.6 is 11.8 Å². The van der Waals surface area contributed by atoms with Gasteiger partial charge in [0.05, 0.1) is 17.9 Å². The first-order valence-corrected chi connectivity index (χ1v) is 15.5. The highest BCUT2D eigenvalue weighted by molar-refractivity contribution is 8.00. The summed E-state index contributed by atoms with van der Waals surface area (Å²) >= 11 is 1.34. The van der Waals surface area contributed by atoms with E-state index in [4.69, 9.17) is 4.74 Å². The van der Waals surface area contributed by atoms with Crippen molar-refractivity contribution in [2.45, 2.75) is 31.6 Å². The minimum atomic E-state index is -0.471. The summed E-state index contributed by atoms with van der Waals surface area (Å²) in [5.41, 5.74) is 4.01. The lowest BCUT2D eigenvalue weighted by Crippen LogP contribution is -2.30. The van der Waals surface area contributed by atoms with Crippen LogP contribution in [0.3, 0.4) is 0 Å². The highest BCUT2D eigenvalue weighted by Gasteiger charge is 2.16. The van der Waals surface area contributed by atoms with Gasteiger partial charge in [0, 0.05) is 21.8 Å². The second kappa shape index (κ2) is 16.1. The lowest BCUT2D eigenvalue weighted by atomic mass is 10.0. The molecule has 3 N–H and O–H groups in total. The first-order valence-electron chi connectivity index (χ1n) is 14.5. The number of hydrogen-bond donors (Lipinski definition) is 3. The van der Waals surface area contributed by atoms with Crippen LogP contribution in [-0.4, -0.2) is 36.1 Å². The lowest BCUT2D eigenvalue weighted by Gasteiger charge is -2.12.